The van der Waals surface area contributed by atoms with Crippen LogP contribution in [-0.4, -0.2) is 6.29 Å². The molecule has 0 spiro atoms. The molecule has 0 unspecified atom stereocenters. The quantitative estimate of drug-likeness (QED) is 0.695. The molecule has 0 aromatic heterocycles. The second-order valence-electron chi connectivity index (χ2n) is 4.90. The lowest BCUT2D eigenvalue weighted by Crippen LogP contribution is -2.07. The molecule has 0 aliphatic heterocycles. The molecule has 0 bridgehead atoms. The van der Waals surface area contributed by atoms with Crippen molar-refractivity contribution < 1.29 is 4.79 Å². The Morgan fingerprint density at radius 2 is 1.75 bits per heavy atom. The third-order valence-corrected chi connectivity index (χ3v) is 3.68. The van der Waals surface area contributed by atoms with Crippen molar-refractivity contribution in [2.75, 3.05) is 0 Å². The zero-order valence-electron chi connectivity index (χ0n) is 9.82. The van der Waals surface area contributed by atoms with Gasteiger partial charge in [-0.3, -0.25) is 4.79 Å². The van der Waals surface area contributed by atoms with E-state index in [1.807, 2.05) is 12.1 Å². The molecule has 1 heteroatoms. The van der Waals surface area contributed by atoms with E-state index >= 15 is 0 Å². The molecule has 1 aliphatic rings. The van der Waals surface area contributed by atoms with E-state index in [1.165, 1.54) is 50.5 Å². The number of carbonyl (C=O) groups is 1. The van der Waals surface area contributed by atoms with Crippen LogP contribution in [0.2, 0.25) is 0 Å². The maximum atomic E-state index is 10.5. The molecule has 0 atom stereocenters. The largest absolute Gasteiger partial charge is 0.298 e. The van der Waals surface area contributed by atoms with E-state index in [2.05, 4.69) is 12.1 Å². The number of benzene rings is 1. The molecule has 0 saturated heterocycles. The fourth-order valence-corrected chi connectivity index (χ4v) is 2.61. The molecular weight excluding hydrogens is 196 g/mol. The SMILES string of the molecule is O=Cc1ccc(CCC2CCCCC2)cc1. The van der Waals surface area contributed by atoms with Gasteiger partial charge in [-0.05, 0) is 24.3 Å². The van der Waals surface area contributed by atoms with Crippen molar-refractivity contribution in [3.8, 4) is 0 Å². The van der Waals surface area contributed by atoms with Gasteiger partial charge in [0.1, 0.15) is 6.29 Å². The molecule has 16 heavy (non-hydrogen) atoms. The van der Waals surface area contributed by atoms with Crippen LogP contribution >= 0.6 is 0 Å². The first kappa shape index (κ1) is 11.4. The van der Waals surface area contributed by atoms with Gasteiger partial charge < -0.3 is 0 Å². The lowest BCUT2D eigenvalue weighted by Gasteiger charge is -2.21. The van der Waals surface area contributed by atoms with Gasteiger partial charge in [0.15, 0.2) is 0 Å². The molecular formula is C15H20O. The van der Waals surface area contributed by atoms with Gasteiger partial charge in [-0.25, -0.2) is 0 Å². The van der Waals surface area contributed by atoms with Crippen molar-refractivity contribution in [2.45, 2.75) is 44.9 Å². The minimum absolute atomic E-state index is 0.779. The van der Waals surface area contributed by atoms with E-state index in [9.17, 15) is 4.79 Å². The van der Waals surface area contributed by atoms with E-state index in [1.54, 1.807) is 0 Å². The van der Waals surface area contributed by atoms with Crippen molar-refractivity contribution in [2.24, 2.45) is 5.92 Å². The van der Waals surface area contributed by atoms with E-state index < -0.39 is 0 Å². The molecule has 1 saturated carbocycles. The molecule has 2 rings (SSSR count). The first-order valence-corrected chi connectivity index (χ1v) is 6.42. The lowest BCUT2D eigenvalue weighted by atomic mass is 9.85. The van der Waals surface area contributed by atoms with Crippen molar-refractivity contribution in [3.63, 3.8) is 0 Å². The van der Waals surface area contributed by atoms with Gasteiger partial charge in [-0.15, -0.1) is 0 Å². The Labute approximate surface area is 97.9 Å². The number of aryl methyl sites for hydroxylation is 1. The highest BCUT2D eigenvalue weighted by molar-refractivity contribution is 5.74. The Kier molecular flexibility index (Phi) is 4.15. The Bertz CT molecular complexity index is 320. The van der Waals surface area contributed by atoms with Crippen LogP contribution < -0.4 is 0 Å². The van der Waals surface area contributed by atoms with Crippen LogP contribution in [0.5, 0.6) is 0 Å². The van der Waals surface area contributed by atoms with Gasteiger partial charge in [-0.2, -0.15) is 0 Å². The monoisotopic (exact) mass is 216 g/mol. The highest BCUT2D eigenvalue weighted by Crippen LogP contribution is 2.27. The summed E-state index contributed by atoms with van der Waals surface area (Å²) < 4.78 is 0. The summed E-state index contributed by atoms with van der Waals surface area (Å²) >= 11 is 0. The molecule has 1 aromatic carbocycles. The van der Waals surface area contributed by atoms with E-state index in [0.717, 1.165) is 17.8 Å². The lowest BCUT2D eigenvalue weighted by molar-refractivity contribution is 0.112. The van der Waals surface area contributed by atoms with Gasteiger partial charge in [-0.1, -0.05) is 56.4 Å². The van der Waals surface area contributed by atoms with Crippen LogP contribution in [0.25, 0.3) is 0 Å². The fraction of sp³-hybridized carbons (Fsp3) is 0.533. The zero-order valence-corrected chi connectivity index (χ0v) is 9.82. The van der Waals surface area contributed by atoms with Crippen LogP contribution in [0.15, 0.2) is 24.3 Å². The van der Waals surface area contributed by atoms with Gasteiger partial charge >= 0.3 is 0 Å². The second kappa shape index (κ2) is 5.83. The third-order valence-electron chi connectivity index (χ3n) is 3.68. The minimum atomic E-state index is 0.779. The van der Waals surface area contributed by atoms with Crippen LogP contribution in [0, 0.1) is 5.92 Å². The van der Waals surface area contributed by atoms with E-state index in [4.69, 9.17) is 0 Å². The highest BCUT2D eigenvalue weighted by atomic mass is 16.1. The number of hydrogen-bond donors (Lipinski definition) is 0. The summed E-state index contributed by atoms with van der Waals surface area (Å²) in [5.41, 5.74) is 2.15. The topological polar surface area (TPSA) is 17.1 Å². The summed E-state index contributed by atoms with van der Waals surface area (Å²) in [5, 5.41) is 0. The van der Waals surface area contributed by atoms with Crippen molar-refractivity contribution >= 4 is 6.29 Å². The summed E-state index contributed by atoms with van der Waals surface area (Å²) in [7, 11) is 0. The molecule has 1 aliphatic carbocycles. The van der Waals surface area contributed by atoms with Gasteiger partial charge in [0.2, 0.25) is 0 Å². The van der Waals surface area contributed by atoms with Crippen molar-refractivity contribution in [3.05, 3.63) is 35.4 Å². The molecule has 0 amide bonds. The average molecular weight is 216 g/mol. The van der Waals surface area contributed by atoms with E-state index in [0.29, 0.717) is 0 Å². The molecule has 1 nitrogen and oxygen atoms in total. The Morgan fingerprint density at radius 1 is 1.06 bits per heavy atom. The Balaban J connectivity index is 1.81. The summed E-state index contributed by atoms with van der Waals surface area (Å²) in [6.45, 7) is 0. The van der Waals surface area contributed by atoms with Crippen LogP contribution in [-0.2, 0) is 6.42 Å². The predicted octanol–water partition coefficient (Wildman–Crippen LogP) is 4.01. The molecule has 0 radical (unpaired) electrons. The van der Waals surface area contributed by atoms with Gasteiger partial charge in [0.05, 0.1) is 0 Å². The molecule has 0 heterocycles. The van der Waals surface area contributed by atoms with Crippen LogP contribution in [0.4, 0.5) is 0 Å². The van der Waals surface area contributed by atoms with Crippen molar-refractivity contribution in [1.82, 2.24) is 0 Å². The average Bonchev–Trinajstić information content (AvgIpc) is 2.38. The van der Waals surface area contributed by atoms with Gasteiger partial charge in [0, 0.05) is 5.56 Å². The normalized spacial score (nSPS) is 17.2. The highest BCUT2D eigenvalue weighted by Gasteiger charge is 2.12. The number of rotatable bonds is 4. The number of aldehydes is 1. The smallest absolute Gasteiger partial charge is 0.150 e. The first-order chi connectivity index (χ1) is 7.88. The summed E-state index contributed by atoms with van der Waals surface area (Å²) in [6.07, 6.45) is 10.5. The standard InChI is InChI=1S/C15H20O/c16-12-15-10-8-14(9-11-15)7-6-13-4-2-1-3-5-13/h8-13H,1-7H2. The predicted molar refractivity (Wildman–Crippen MR) is 66.7 cm³/mol. The summed E-state index contributed by atoms with van der Waals surface area (Å²) in [5.74, 6) is 0.944. The van der Waals surface area contributed by atoms with Gasteiger partial charge in [0.25, 0.3) is 0 Å². The summed E-state index contributed by atoms with van der Waals surface area (Å²) in [4.78, 5) is 10.5. The Morgan fingerprint density at radius 3 is 2.38 bits per heavy atom. The minimum Gasteiger partial charge on any atom is -0.298 e. The van der Waals surface area contributed by atoms with E-state index in [-0.39, 0.29) is 0 Å². The van der Waals surface area contributed by atoms with Crippen LogP contribution in [0.3, 0.4) is 0 Å². The molecule has 86 valence electrons. The zero-order chi connectivity index (χ0) is 11.2. The maximum absolute atomic E-state index is 10.5. The Hall–Kier alpha value is -1.11. The molecule has 1 aromatic rings. The maximum Gasteiger partial charge on any atom is 0.150 e. The number of hydrogen-bond acceptors (Lipinski definition) is 1. The summed E-state index contributed by atoms with van der Waals surface area (Å²) in [6, 6.07) is 8.02. The third kappa shape index (κ3) is 3.19. The second-order valence-corrected chi connectivity index (χ2v) is 4.90. The molecule has 1 fully saturated rings. The fourth-order valence-electron chi connectivity index (χ4n) is 2.61. The van der Waals surface area contributed by atoms with Crippen molar-refractivity contribution in [1.29, 1.82) is 0 Å². The number of carbonyl (C=O) groups excluding carboxylic acids is 1. The molecule has 0 N–H and O–H groups in total. The van der Waals surface area contributed by atoms with Crippen LogP contribution in [0.1, 0.15) is 54.4 Å². The first-order valence-electron chi connectivity index (χ1n) is 6.42.